The van der Waals surface area contributed by atoms with E-state index in [1.54, 1.807) is 18.6 Å². The maximum atomic E-state index is 12.0. The summed E-state index contributed by atoms with van der Waals surface area (Å²) < 4.78 is 2.05. The van der Waals surface area contributed by atoms with Gasteiger partial charge in [-0.25, -0.2) is 4.98 Å². The highest BCUT2D eigenvalue weighted by atomic mass is 32.1. The fourth-order valence-electron chi connectivity index (χ4n) is 3.47. The Bertz CT molecular complexity index is 1380. The Morgan fingerprint density at radius 1 is 1.00 bits per heavy atom. The Kier molecular flexibility index (Phi) is 4.89. The van der Waals surface area contributed by atoms with Gasteiger partial charge in [0, 0.05) is 30.1 Å². The number of aromatic nitrogens is 4. The zero-order valence-corrected chi connectivity index (χ0v) is 17.4. The molecule has 0 unspecified atom stereocenters. The van der Waals surface area contributed by atoms with Crippen molar-refractivity contribution in [3.05, 3.63) is 84.1 Å². The average molecular weight is 427 g/mol. The summed E-state index contributed by atoms with van der Waals surface area (Å²) in [5.74, 6) is -0.104. The van der Waals surface area contributed by atoms with Crippen LogP contribution in [0.5, 0.6) is 0 Å². The summed E-state index contributed by atoms with van der Waals surface area (Å²) in [7, 11) is 1.63. The molecule has 8 heteroatoms. The van der Waals surface area contributed by atoms with E-state index in [-0.39, 0.29) is 5.91 Å². The summed E-state index contributed by atoms with van der Waals surface area (Å²) >= 11 is 1.45. The summed E-state index contributed by atoms with van der Waals surface area (Å²) in [5.41, 5.74) is 8.09. The highest BCUT2D eigenvalue weighted by Crippen LogP contribution is 2.28. The third kappa shape index (κ3) is 3.76. The minimum atomic E-state index is -0.104. The van der Waals surface area contributed by atoms with Crippen molar-refractivity contribution in [2.75, 3.05) is 12.4 Å². The number of fused-ring (bicyclic) bond motifs is 1. The van der Waals surface area contributed by atoms with Crippen LogP contribution in [0.15, 0.2) is 78.6 Å². The van der Waals surface area contributed by atoms with E-state index >= 15 is 0 Å². The van der Waals surface area contributed by atoms with E-state index in [1.165, 1.54) is 11.3 Å². The van der Waals surface area contributed by atoms with Gasteiger partial charge in [0.15, 0.2) is 0 Å². The SMILES string of the molecule is CNC(=O)c1cccc(-c2ccn3c(-c4cccc(Nc5nncs5)c4)cnc3c2)c1. The van der Waals surface area contributed by atoms with Gasteiger partial charge in [-0.15, -0.1) is 10.2 Å². The van der Waals surface area contributed by atoms with Crippen LogP contribution < -0.4 is 10.6 Å². The minimum Gasteiger partial charge on any atom is -0.355 e. The minimum absolute atomic E-state index is 0.104. The number of carbonyl (C=O) groups excluding carboxylic acids is 1. The van der Waals surface area contributed by atoms with Crippen LogP contribution >= 0.6 is 11.3 Å². The monoisotopic (exact) mass is 426 g/mol. The molecule has 1 amide bonds. The van der Waals surface area contributed by atoms with Crippen molar-refractivity contribution in [3.8, 4) is 22.4 Å². The van der Waals surface area contributed by atoms with Crippen LogP contribution in [0, 0.1) is 0 Å². The summed E-state index contributed by atoms with van der Waals surface area (Å²) in [6, 6.07) is 19.7. The van der Waals surface area contributed by atoms with Gasteiger partial charge < -0.3 is 10.6 Å². The van der Waals surface area contributed by atoms with Gasteiger partial charge in [-0.1, -0.05) is 35.6 Å². The van der Waals surface area contributed by atoms with Gasteiger partial charge in [-0.05, 0) is 47.5 Å². The topological polar surface area (TPSA) is 84.2 Å². The van der Waals surface area contributed by atoms with E-state index in [0.29, 0.717) is 5.56 Å². The first-order valence-electron chi connectivity index (χ1n) is 9.64. The van der Waals surface area contributed by atoms with Crippen LogP contribution in [-0.4, -0.2) is 32.5 Å². The lowest BCUT2D eigenvalue weighted by Crippen LogP contribution is -2.17. The van der Waals surface area contributed by atoms with E-state index in [2.05, 4.69) is 42.3 Å². The molecule has 7 nitrogen and oxygen atoms in total. The molecular formula is C23H18N6OS. The largest absolute Gasteiger partial charge is 0.355 e. The lowest BCUT2D eigenvalue weighted by Gasteiger charge is -2.08. The van der Waals surface area contributed by atoms with Gasteiger partial charge in [0.05, 0.1) is 11.9 Å². The van der Waals surface area contributed by atoms with Gasteiger partial charge >= 0.3 is 0 Å². The lowest BCUT2D eigenvalue weighted by atomic mass is 10.0. The molecular weight excluding hydrogens is 408 g/mol. The van der Waals surface area contributed by atoms with Gasteiger partial charge in [-0.3, -0.25) is 9.20 Å². The standard InChI is InChI=1S/C23H18N6OS/c1-24-22(30)18-6-2-4-15(10-18)16-8-9-29-20(13-25-21(29)12-16)17-5-3-7-19(11-17)27-23-28-26-14-31-23/h2-14H,1H3,(H,24,30)(H,27,28). The molecule has 2 aromatic carbocycles. The Morgan fingerprint density at radius 3 is 2.68 bits per heavy atom. The smallest absolute Gasteiger partial charge is 0.251 e. The van der Waals surface area contributed by atoms with Crippen molar-refractivity contribution in [3.63, 3.8) is 0 Å². The Hall–Kier alpha value is -4.04. The average Bonchev–Trinajstić information content (AvgIpc) is 3.48. The predicted octanol–water partition coefficient (Wildman–Crippen LogP) is 4.62. The molecule has 152 valence electrons. The highest BCUT2D eigenvalue weighted by molar-refractivity contribution is 7.13. The number of hydrogen-bond acceptors (Lipinski definition) is 6. The third-order valence-electron chi connectivity index (χ3n) is 4.97. The molecule has 5 rings (SSSR count). The first-order chi connectivity index (χ1) is 15.2. The molecule has 0 aliphatic carbocycles. The fourth-order valence-corrected chi connectivity index (χ4v) is 3.93. The van der Waals surface area contributed by atoms with Crippen LogP contribution in [0.1, 0.15) is 10.4 Å². The Balaban J connectivity index is 1.49. The third-order valence-corrected chi connectivity index (χ3v) is 5.57. The first-order valence-corrected chi connectivity index (χ1v) is 10.5. The molecule has 0 aliphatic heterocycles. The Morgan fingerprint density at radius 2 is 1.84 bits per heavy atom. The molecule has 0 bridgehead atoms. The maximum absolute atomic E-state index is 12.0. The number of benzene rings is 2. The number of hydrogen-bond donors (Lipinski definition) is 2. The van der Waals surface area contributed by atoms with Crippen molar-refractivity contribution in [2.24, 2.45) is 0 Å². The van der Waals surface area contributed by atoms with Gasteiger partial charge in [0.1, 0.15) is 11.2 Å². The molecule has 2 N–H and O–H groups in total. The summed E-state index contributed by atoms with van der Waals surface area (Å²) in [6.07, 6.45) is 3.87. The number of pyridine rings is 1. The number of rotatable bonds is 5. The molecule has 0 saturated heterocycles. The van der Waals surface area contributed by atoms with Gasteiger partial charge in [-0.2, -0.15) is 0 Å². The molecule has 3 heterocycles. The van der Waals surface area contributed by atoms with E-state index in [1.807, 2.05) is 54.9 Å². The molecule has 31 heavy (non-hydrogen) atoms. The van der Waals surface area contributed by atoms with E-state index in [4.69, 9.17) is 0 Å². The molecule has 0 fully saturated rings. The molecule has 3 aromatic heterocycles. The number of nitrogens with one attached hydrogen (secondary N) is 2. The quantitative estimate of drug-likeness (QED) is 0.428. The van der Waals surface area contributed by atoms with Crippen molar-refractivity contribution in [2.45, 2.75) is 0 Å². The zero-order valence-electron chi connectivity index (χ0n) is 16.6. The second-order valence-corrected chi connectivity index (χ2v) is 7.73. The first kappa shape index (κ1) is 19.0. The maximum Gasteiger partial charge on any atom is 0.251 e. The van der Waals surface area contributed by atoms with E-state index in [9.17, 15) is 4.79 Å². The van der Waals surface area contributed by atoms with Gasteiger partial charge in [0.2, 0.25) is 5.13 Å². The van der Waals surface area contributed by atoms with E-state index in [0.717, 1.165) is 38.9 Å². The molecule has 0 radical (unpaired) electrons. The lowest BCUT2D eigenvalue weighted by molar-refractivity contribution is 0.0963. The summed E-state index contributed by atoms with van der Waals surface area (Å²) in [5, 5.41) is 14.6. The summed E-state index contributed by atoms with van der Waals surface area (Å²) in [6.45, 7) is 0. The zero-order chi connectivity index (χ0) is 21.2. The molecule has 5 aromatic rings. The van der Waals surface area contributed by atoms with Crippen LogP contribution in [0.3, 0.4) is 0 Å². The molecule has 0 aliphatic rings. The van der Waals surface area contributed by atoms with E-state index < -0.39 is 0 Å². The van der Waals surface area contributed by atoms with Crippen LogP contribution in [-0.2, 0) is 0 Å². The van der Waals surface area contributed by atoms with Crippen molar-refractivity contribution in [1.29, 1.82) is 0 Å². The van der Waals surface area contributed by atoms with Crippen LogP contribution in [0.25, 0.3) is 28.0 Å². The number of anilines is 2. The fraction of sp³-hybridized carbons (Fsp3) is 0.0435. The van der Waals surface area contributed by atoms with Crippen molar-refractivity contribution < 1.29 is 4.79 Å². The summed E-state index contributed by atoms with van der Waals surface area (Å²) in [4.78, 5) is 16.6. The van der Waals surface area contributed by atoms with Crippen molar-refractivity contribution >= 4 is 33.7 Å². The highest BCUT2D eigenvalue weighted by Gasteiger charge is 2.10. The number of amides is 1. The molecule has 0 spiro atoms. The normalized spacial score (nSPS) is 10.9. The van der Waals surface area contributed by atoms with Crippen molar-refractivity contribution in [1.82, 2.24) is 24.9 Å². The number of imidazole rings is 1. The van der Waals surface area contributed by atoms with Crippen LogP contribution in [0.4, 0.5) is 10.8 Å². The number of nitrogens with zero attached hydrogens (tertiary/aromatic N) is 4. The van der Waals surface area contributed by atoms with Crippen LogP contribution in [0.2, 0.25) is 0 Å². The molecule has 0 atom stereocenters. The van der Waals surface area contributed by atoms with Gasteiger partial charge in [0.25, 0.3) is 5.91 Å². The Labute approximate surface area is 182 Å². The second-order valence-electron chi connectivity index (χ2n) is 6.90. The number of carbonyl (C=O) groups is 1. The molecule has 0 saturated carbocycles. The second kappa shape index (κ2) is 8.00. The predicted molar refractivity (Wildman–Crippen MR) is 123 cm³/mol.